The van der Waals surface area contributed by atoms with Crippen molar-refractivity contribution in [2.45, 2.75) is 12.8 Å². The predicted molar refractivity (Wildman–Crippen MR) is 167 cm³/mol. The molecule has 0 bridgehead atoms. The molecule has 0 heterocycles. The van der Waals surface area contributed by atoms with E-state index in [4.69, 9.17) is 0 Å². The number of para-hydroxylation sites is 1. The molecule has 0 aromatic heterocycles. The molecule has 2 nitrogen and oxygen atoms in total. The van der Waals surface area contributed by atoms with Gasteiger partial charge in [-0.2, -0.15) is 0 Å². The third-order valence-electron chi connectivity index (χ3n) is 8.56. The van der Waals surface area contributed by atoms with Gasteiger partial charge in [0, 0.05) is 24.0 Å². The number of fused-ring (bicyclic) bond motifs is 6. The number of nitrogens with zero attached hydrogens (tertiary/aromatic N) is 1. The van der Waals surface area contributed by atoms with Crippen molar-refractivity contribution in [3.05, 3.63) is 173 Å². The molecule has 0 atom stereocenters. The van der Waals surface area contributed by atoms with Gasteiger partial charge in [0.2, 0.25) is 0 Å². The molecule has 2 heteroatoms. The SMILES string of the molecule is O=C(c1ccccc1)c1ccccc1N(c1cccc2c1Cc1ccccc1-2)c1cccc2c1Cc1ccccc1-2. The van der Waals surface area contributed by atoms with E-state index < -0.39 is 0 Å². The standard InChI is InChI=1S/C39H27NO/c41-39(26-12-2-1-3-13-26)33-18-8-9-21-36(33)40(37-22-10-19-31-29-16-6-4-14-27(29)24-34(31)37)38-23-11-20-32-30-17-7-5-15-28(30)25-35(32)38/h1-23H,24-25H2. The fourth-order valence-electron chi connectivity index (χ4n) is 6.69. The predicted octanol–water partition coefficient (Wildman–Crippen LogP) is 9.53. The van der Waals surface area contributed by atoms with E-state index in [0.29, 0.717) is 11.1 Å². The lowest BCUT2D eigenvalue weighted by molar-refractivity contribution is 0.103. The van der Waals surface area contributed by atoms with E-state index in [9.17, 15) is 4.79 Å². The summed E-state index contributed by atoms with van der Waals surface area (Å²) in [5.74, 6) is 0.0259. The molecular weight excluding hydrogens is 498 g/mol. The van der Waals surface area contributed by atoms with Crippen LogP contribution in [0.5, 0.6) is 0 Å². The van der Waals surface area contributed by atoms with Crippen LogP contribution in [-0.4, -0.2) is 5.78 Å². The van der Waals surface area contributed by atoms with Gasteiger partial charge in [0.05, 0.1) is 17.1 Å². The number of rotatable bonds is 5. The highest BCUT2D eigenvalue weighted by molar-refractivity contribution is 6.13. The largest absolute Gasteiger partial charge is 0.309 e. The summed E-state index contributed by atoms with van der Waals surface area (Å²) in [7, 11) is 0. The lowest BCUT2D eigenvalue weighted by Crippen LogP contribution is -2.17. The number of anilines is 3. The first-order chi connectivity index (χ1) is 20.3. The Hall–Kier alpha value is -5.21. The normalized spacial score (nSPS) is 12.3. The summed E-state index contributed by atoms with van der Waals surface area (Å²) in [5.41, 5.74) is 14.9. The van der Waals surface area contributed by atoms with E-state index in [-0.39, 0.29) is 5.78 Å². The van der Waals surface area contributed by atoms with Crippen LogP contribution in [0.15, 0.2) is 140 Å². The minimum Gasteiger partial charge on any atom is -0.309 e. The third kappa shape index (κ3) is 3.76. The Kier molecular flexibility index (Phi) is 5.46. The van der Waals surface area contributed by atoms with Gasteiger partial charge in [-0.1, -0.05) is 115 Å². The number of benzene rings is 6. The van der Waals surface area contributed by atoms with Crippen molar-refractivity contribution in [1.29, 1.82) is 0 Å². The molecule has 8 rings (SSSR count). The number of hydrogen-bond donors (Lipinski definition) is 0. The second kappa shape index (κ2) is 9.46. The molecule has 0 N–H and O–H groups in total. The highest BCUT2D eigenvalue weighted by Gasteiger charge is 2.30. The highest BCUT2D eigenvalue weighted by Crippen LogP contribution is 2.50. The fourth-order valence-corrected chi connectivity index (χ4v) is 6.69. The van der Waals surface area contributed by atoms with Gasteiger partial charge in [-0.25, -0.2) is 0 Å². The molecule has 6 aromatic carbocycles. The summed E-state index contributed by atoms with van der Waals surface area (Å²) in [4.78, 5) is 16.4. The summed E-state index contributed by atoms with van der Waals surface area (Å²) in [5, 5.41) is 0. The van der Waals surface area contributed by atoms with E-state index in [1.807, 2.05) is 48.5 Å². The molecule has 0 fully saturated rings. The van der Waals surface area contributed by atoms with E-state index in [0.717, 1.165) is 29.9 Å². The molecule has 2 aliphatic carbocycles. The molecule has 0 aliphatic heterocycles. The minimum absolute atomic E-state index is 0.0259. The second-order valence-electron chi connectivity index (χ2n) is 10.8. The Morgan fingerprint density at radius 2 is 0.902 bits per heavy atom. The quantitative estimate of drug-likeness (QED) is 0.209. The van der Waals surface area contributed by atoms with Crippen molar-refractivity contribution in [3.8, 4) is 22.3 Å². The molecule has 194 valence electrons. The van der Waals surface area contributed by atoms with Crippen molar-refractivity contribution >= 4 is 22.8 Å². The monoisotopic (exact) mass is 525 g/mol. The van der Waals surface area contributed by atoms with Crippen molar-refractivity contribution in [3.63, 3.8) is 0 Å². The molecule has 41 heavy (non-hydrogen) atoms. The number of carbonyl (C=O) groups is 1. The lowest BCUT2D eigenvalue weighted by Gasteiger charge is -2.31. The van der Waals surface area contributed by atoms with Gasteiger partial charge in [-0.05, 0) is 68.8 Å². The summed E-state index contributed by atoms with van der Waals surface area (Å²) in [6, 6.07) is 48.3. The van der Waals surface area contributed by atoms with Crippen LogP contribution >= 0.6 is 0 Å². The Morgan fingerprint density at radius 3 is 1.51 bits per heavy atom. The summed E-state index contributed by atoms with van der Waals surface area (Å²) in [6.07, 6.45) is 1.73. The zero-order valence-corrected chi connectivity index (χ0v) is 22.5. The molecule has 0 radical (unpaired) electrons. The highest BCUT2D eigenvalue weighted by atomic mass is 16.1. The van der Waals surface area contributed by atoms with Crippen LogP contribution in [0.25, 0.3) is 22.3 Å². The molecule has 0 amide bonds. The molecule has 0 spiro atoms. The van der Waals surface area contributed by atoms with E-state index in [1.165, 1.54) is 44.5 Å². The number of carbonyl (C=O) groups excluding carboxylic acids is 1. The molecule has 6 aromatic rings. The Bertz CT molecular complexity index is 1870. The lowest BCUT2D eigenvalue weighted by atomic mass is 9.97. The minimum atomic E-state index is 0.0259. The van der Waals surface area contributed by atoms with Crippen LogP contribution in [0.2, 0.25) is 0 Å². The molecular formula is C39H27NO. The van der Waals surface area contributed by atoms with E-state index >= 15 is 0 Å². The van der Waals surface area contributed by atoms with Gasteiger partial charge >= 0.3 is 0 Å². The van der Waals surface area contributed by atoms with Crippen LogP contribution < -0.4 is 4.90 Å². The van der Waals surface area contributed by atoms with Gasteiger partial charge in [0.25, 0.3) is 0 Å². The van der Waals surface area contributed by atoms with Crippen molar-refractivity contribution in [2.75, 3.05) is 4.90 Å². The Labute approximate surface area is 240 Å². The summed E-state index contributed by atoms with van der Waals surface area (Å²) >= 11 is 0. The zero-order valence-electron chi connectivity index (χ0n) is 22.5. The smallest absolute Gasteiger partial charge is 0.195 e. The maximum Gasteiger partial charge on any atom is 0.195 e. The average Bonchev–Trinajstić information content (AvgIpc) is 3.61. The molecule has 2 aliphatic rings. The summed E-state index contributed by atoms with van der Waals surface area (Å²) < 4.78 is 0. The fraction of sp³-hybridized carbons (Fsp3) is 0.0513. The Balaban J connectivity index is 1.38. The maximum absolute atomic E-state index is 14.0. The first-order valence-electron chi connectivity index (χ1n) is 14.2. The molecule has 0 unspecified atom stereocenters. The molecule has 0 saturated carbocycles. The van der Waals surface area contributed by atoms with Crippen molar-refractivity contribution in [2.24, 2.45) is 0 Å². The van der Waals surface area contributed by atoms with E-state index in [1.54, 1.807) is 0 Å². The summed E-state index contributed by atoms with van der Waals surface area (Å²) in [6.45, 7) is 0. The van der Waals surface area contributed by atoms with Crippen LogP contribution in [0, 0.1) is 0 Å². The van der Waals surface area contributed by atoms with Crippen molar-refractivity contribution in [1.82, 2.24) is 0 Å². The van der Waals surface area contributed by atoms with Crippen LogP contribution in [0.4, 0.5) is 17.1 Å². The second-order valence-corrected chi connectivity index (χ2v) is 10.8. The van der Waals surface area contributed by atoms with Gasteiger partial charge in [-0.3, -0.25) is 4.79 Å². The van der Waals surface area contributed by atoms with Gasteiger partial charge in [0.15, 0.2) is 5.78 Å². The number of ketones is 1. The average molecular weight is 526 g/mol. The topological polar surface area (TPSA) is 20.3 Å². The van der Waals surface area contributed by atoms with Crippen LogP contribution in [0.1, 0.15) is 38.2 Å². The van der Waals surface area contributed by atoms with E-state index in [2.05, 4.69) is 95.9 Å². The van der Waals surface area contributed by atoms with Gasteiger partial charge in [-0.15, -0.1) is 0 Å². The van der Waals surface area contributed by atoms with Crippen LogP contribution in [0.3, 0.4) is 0 Å². The Morgan fingerprint density at radius 1 is 0.439 bits per heavy atom. The third-order valence-corrected chi connectivity index (χ3v) is 8.56. The van der Waals surface area contributed by atoms with Gasteiger partial charge < -0.3 is 4.90 Å². The number of hydrogen-bond acceptors (Lipinski definition) is 2. The van der Waals surface area contributed by atoms with Gasteiger partial charge in [0.1, 0.15) is 0 Å². The first kappa shape index (κ1) is 23.7. The zero-order chi connectivity index (χ0) is 27.3. The van der Waals surface area contributed by atoms with Crippen LogP contribution in [-0.2, 0) is 12.8 Å². The molecule has 0 saturated heterocycles. The van der Waals surface area contributed by atoms with Crippen molar-refractivity contribution < 1.29 is 4.79 Å². The first-order valence-corrected chi connectivity index (χ1v) is 14.2. The maximum atomic E-state index is 14.0.